The summed E-state index contributed by atoms with van der Waals surface area (Å²) >= 11 is 6.92. The van der Waals surface area contributed by atoms with Crippen LogP contribution in [0.25, 0.3) is 0 Å². The van der Waals surface area contributed by atoms with Crippen molar-refractivity contribution in [1.82, 2.24) is 0 Å². The second kappa shape index (κ2) is 7.14. The van der Waals surface area contributed by atoms with Gasteiger partial charge in [0.15, 0.2) is 0 Å². The smallest absolute Gasteiger partial charge is 0.303 e. The van der Waals surface area contributed by atoms with E-state index < -0.39 is 5.97 Å². The van der Waals surface area contributed by atoms with Gasteiger partial charge in [-0.1, -0.05) is 6.92 Å². The van der Waals surface area contributed by atoms with Crippen molar-refractivity contribution in [2.75, 3.05) is 0 Å². The van der Waals surface area contributed by atoms with Gasteiger partial charge in [-0.15, -0.1) is 0 Å². The van der Waals surface area contributed by atoms with Crippen LogP contribution in [0, 0.1) is 0 Å². The summed E-state index contributed by atoms with van der Waals surface area (Å²) in [5, 5.41) is 8.67. The van der Waals surface area contributed by atoms with Crippen molar-refractivity contribution in [2.24, 2.45) is 0 Å². The zero-order chi connectivity index (χ0) is 13.7. The zero-order valence-corrected chi connectivity index (χ0v) is 13.5. The van der Waals surface area contributed by atoms with E-state index in [1.165, 1.54) is 0 Å². The van der Waals surface area contributed by atoms with Gasteiger partial charge < -0.3 is 9.84 Å². The van der Waals surface area contributed by atoms with Crippen molar-refractivity contribution < 1.29 is 14.6 Å². The van der Waals surface area contributed by atoms with Gasteiger partial charge >= 0.3 is 5.97 Å². The molecule has 1 atom stereocenters. The van der Waals surface area contributed by atoms with E-state index in [2.05, 4.69) is 38.8 Å². The van der Waals surface area contributed by atoms with Gasteiger partial charge in [0.05, 0.1) is 15.0 Å². The standard InChI is InChI=1S/C13H16Br2O3/c1-3-8(2)18-13-10(14)6-9(7-11(13)15)4-5-12(16)17/h6-8H,3-5H2,1-2H3,(H,16,17). The lowest BCUT2D eigenvalue weighted by molar-refractivity contribution is -0.136. The van der Waals surface area contributed by atoms with Crippen LogP contribution in [0.5, 0.6) is 5.75 Å². The Morgan fingerprint density at radius 2 is 1.94 bits per heavy atom. The minimum atomic E-state index is -0.790. The Kier molecular flexibility index (Phi) is 6.15. The molecule has 1 aromatic rings. The van der Waals surface area contributed by atoms with Crippen LogP contribution in [0.4, 0.5) is 0 Å². The first-order valence-electron chi connectivity index (χ1n) is 5.80. The molecule has 0 fully saturated rings. The monoisotopic (exact) mass is 378 g/mol. The van der Waals surface area contributed by atoms with Crippen molar-refractivity contribution in [2.45, 2.75) is 39.2 Å². The van der Waals surface area contributed by atoms with Crippen LogP contribution >= 0.6 is 31.9 Å². The third kappa shape index (κ3) is 4.61. The largest absolute Gasteiger partial charge is 0.488 e. The summed E-state index contributed by atoms with van der Waals surface area (Å²) in [4.78, 5) is 10.5. The van der Waals surface area contributed by atoms with Gasteiger partial charge in [-0.2, -0.15) is 0 Å². The van der Waals surface area contributed by atoms with Crippen LogP contribution in [0.3, 0.4) is 0 Å². The topological polar surface area (TPSA) is 46.5 Å². The maximum absolute atomic E-state index is 10.5. The number of hydrogen-bond acceptors (Lipinski definition) is 2. The van der Waals surface area contributed by atoms with E-state index in [0.717, 1.165) is 26.7 Å². The molecule has 18 heavy (non-hydrogen) atoms. The predicted molar refractivity (Wildman–Crippen MR) is 78.2 cm³/mol. The number of benzene rings is 1. The Balaban J connectivity index is 2.86. The van der Waals surface area contributed by atoms with Crippen molar-refractivity contribution >= 4 is 37.8 Å². The Hall–Kier alpha value is -0.550. The fourth-order valence-electron chi connectivity index (χ4n) is 1.41. The quantitative estimate of drug-likeness (QED) is 0.796. The molecule has 0 aromatic heterocycles. The molecule has 100 valence electrons. The summed E-state index contributed by atoms with van der Waals surface area (Å²) in [5.41, 5.74) is 0.965. The zero-order valence-electron chi connectivity index (χ0n) is 10.4. The molecule has 0 bridgehead atoms. The van der Waals surface area contributed by atoms with Crippen molar-refractivity contribution in [3.8, 4) is 5.75 Å². The summed E-state index contributed by atoms with van der Waals surface area (Å²) in [7, 11) is 0. The SMILES string of the molecule is CCC(C)Oc1c(Br)cc(CCC(=O)O)cc1Br. The summed E-state index contributed by atoms with van der Waals surface area (Å²) < 4.78 is 7.49. The molecule has 0 saturated carbocycles. The van der Waals surface area contributed by atoms with Crippen LogP contribution < -0.4 is 4.74 Å². The second-order valence-electron chi connectivity index (χ2n) is 4.12. The number of ether oxygens (including phenoxy) is 1. The molecule has 1 unspecified atom stereocenters. The molecule has 1 aromatic carbocycles. The maximum Gasteiger partial charge on any atom is 0.303 e. The molecular formula is C13H16Br2O3. The molecule has 0 saturated heterocycles. The summed E-state index contributed by atoms with van der Waals surface area (Å²) in [6, 6.07) is 3.82. The molecule has 0 radical (unpaired) electrons. The maximum atomic E-state index is 10.5. The van der Waals surface area contributed by atoms with Gasteiger partial charge in [0.25, 0.3) is 0 Å². The number of rotatable bonds is 6. The molecule has 3 nitrogen and oxygen atoms in total. The summed E-state index contributed by atoms with van der Waals surface area (Å²) in [5.74, 6) is -0.0226. The van der Waals surface area contributed by atoms with Crippen molar-refractivity contribution in [3.05, 3.63) is 26.6 Å². The van der Waals surface area contributed by atoms with Gasteiger partial charge in [0, 0.05) is 6.42 Å². The van der Waals surface area contributed by atoms with Gasteiger partial charge in [-0.05, 0) is 69.3 Å². The molecule has 0 amide bonds. The van der Waals surface area contributed by atoms with E-state index in [1.54, 1.807) is 0 Å². The van der Waals surface area contributed by atoms with Crippen LogP contribution in [-0.2, 0) is 11.2 Å². The van der Waals surface area contributed by atoms with E-state index in [4.69, 9.17) is 9.84 Å². The number of halogens is 2. The summed E-state index contributed by atoms with van der Waals surface area (Å²) in [6.45, 7) is 4.07. The predicted octanol–water partition coefficient (Wildman–Crippen LogP) is 4.41. The number of carboxylic acid groups (broad SMARTS) is 1. The van der Waals surface area contributed by atoms with E-state index in [9.17, 15) is 4.79 Å². The average molecular weight is 380 g/mol. The summed E-state index contributed by atoms with van der Waals surface area (Å²) in [6.07, 6.45) is 1.71. The number of carbonyl (C=O) groups is 1. The molecule has 0 aliphatic heterocycles. The van der Waals surface area contributed by atoms with Crippen molar-refractivity contribution in [1.29, 1.82) is 0 Å². The first kappa shape index (κ1) is 15.5. The first-order valence-corrected chi connectivity index (χ1v) is 7.39. The van der Waals surface area contributed by atoms with E-state index in [0.29, 0.717) is 6.42 Å². The lowest BCUT2D eigenvalue weighted by Gasteiger charge is -2.16. The highest BCUT2D eigenvalue weighted by Gasteiger charge is 2.12. The highest BCUT2D eigenvalue weighted by atomic mass is 79.9. The van der Waals surface area contributed by atoms with E-state index in [-0.39, 0.29) is 12.5 Å². The molecule has 5 heteroatoms. The minimum Gasteiger partial charge on any atom is -0.488 e. The van der Waals surface area contributed by atoms with Gasteiger partial charge in [0.1, 0.15) is 5.75 Å². The van der Waals surface area contributed by atoms with Crippen LogP contribution in [0.1, 0.15) is 32.3 Å². The van der Waals surface area contributed by atoms with Crippen LogP contribution in [0.2, 0.25) is 0 Å². The Labute approximate surface area is 124 Å². The fourth-order valence-corrected chi connectivity index (χ4v) is 2.87. The average Bonchev–Trinajstić information content (AvgIpc) is 2.30. The number of hydrogen-bond donors (Lipinski definition) is 1. The van der Waals surface area contributed by atoms with Gasteiger partial charge in [-0.25, -0.2) is 0 Å². The normalized spacial score (nSPS) is 12.2. The highest BCUT2D eigenvalue weighted by Crippen LogP contribution is 2.36. The Morgan fingerprint density at radius 1 is 1.39 bits per heavy atom. The fraction of sp³-hybridized carbons (Fsp3) is 0.462. The molecule has 0 spiro atoms. The third-order valence-corrected chi connectivity index (χ3v) is 3.76. The van der Waals surface area contributed by atoms with Crippen LogP contribution in [-0.4, -0.2) is 17.2 Å². The lowest BCUT2D eigenvalue weighted by Crippen LogP contribution is -2.10. The van der Waals surface area contributed by atoms with Gasteiger partial charge in [-0.3, -0.25) is 4.79 Å². The van der Waals surface area contributed by atoms with E-state index >= 15 is 0 Å². The van der Waals surface area contributed by atoms with Gasteiger partial charge in [0.2, 0.25) is 0 Å². The minimum absolute atomic E-state index is 0.129. The third-order valence-electron chi connectivity index (χ3n) is 2.58. The van der Waals surface area contributed by atoms with Crippen molar-refractivity contribution in [3.63, 3.8) is 0 Å². The molecular weight excluding hydrogens is 364 g/mol. The highest BCUT2D eigenvalue weighted by molar-refractivity contribution is 9.11. The molecule has 0 aliphatic carbocycles. The molecule has 0 aliphatic rings. The molecule has 1 rings (SSSR count). The number of aryl methyl sites for hydroxylation is 1. The van der Waals surface area contributed by atoms with E-state index in [1.807, 2.05) is 19.1 Å². The lowest BCUT2D eigenvalue weighted by atomic mass is 10.1. The number of aliphatic carboxylic acids is 1. The Morgan fingerprint density at radius 3 is 2.39 bits per heavy atom. The second-order valence-corrected chi connectivity index (χ2v) is 5.83. The molecule has 1 N–H and O–H groups in total. The first-order chi connectivity index (χ1) is 8.43. The molecule has 0 heterocycles. The van der Waals surface area contributed by atoms with Crippen LogP contribution in [0.15, 0.2) is 21.1 Å². The Bertz CT molecular complexity index is 409. The number of carboxylic acids is 1.